The van der Waals surface area contributed by atoms with Gasteiger partial charge in [0.15, 0.2) is 6.61 Å². The summed E-state index contributed by atoms with van der Waals surface area (Å²) in [5.41, 5.74) is 1.28. The number of carbonyl (C=O) groups excluding carboxylic acids is 1. The number of amides is 1. The number of rotatable bonds is 8. The number of furan rings is 1. The first-order valence-electron chi connectivity index (χ1n) is 8.64. The first-order valence-corrected chi connectivity index (χ1v) is 10.5. The Labute approximate surface area is 173 Å². The predicted octanol–water partition coefficient (Wildman–Crippen LogP) is 3.74. The summed E-state index contributed by atoms with van der Waals surface area (Å²) in [6.07, 6.45) is 1.47. The number of ether oxygens (including phenoxy) is 1. The second kappa shape index (κ2) is 9.13. The van der Waals surface area contributed by atoms with E-state index in [4.69, 9.17) is 20.8 Å². The summed E-state index contributed by atoms with van der Waals surface area (Å²) in [4.78, 5) is 12.2. The molecule has 0 radical (unpaired) electrons. The van der Waals surface area contributed by atoms with Gasteiger partial charge in [0.05, 0.1) is 17.7 Å². The Bertz CT molecular complexity index is 1080. The first kappa shape index (κ1) is 20.9. The lowest BCUT2D eigenvalue weighted by atomic mass is 10.2. The number of halogens is 1. The average molecular weight is 435 g/mol. The highest BCUT2D eigenvalue weighted by molar-refractivity contribution is 7.89. The van der Waals surface area contributed by atoms with Crippen LogP contribution in [-0.2, 0) is 21.4 Å². The Morgan fingerprint density at radius 1 is 1.14 bits per heavy atom. The van der Waals surface area contributed by atoms with Gasteiger partial charge in [0, 0.05) is 10.7 Å². The largest absolute Gasteiger partial charge is 0.483 e. The fraction of sp³-hybridized carbons (Fsp3) is 0.150. The van der Waals surface area contributed by atoms with Crippen LogP contribution < -0.4 is 14.8 Å². The van der Waals surface area contributed by atoms with Gasteiger partial charge in [0.2, 0.25) is 10.0 Å². The second-order valence-corrected chi connectivity index (χ2v) is 8.38. The lowest BCUT2D eigenvalue weighted by Crippen LogP contribution is -2.23. The van der Waals surface area contributed by atoms with Gasteiger partial charge in [0.25, 0.3) is 5.91 Å². The van der Waals surface area contributed by atoms with Crippen molar-refractivity contribution in [1.82, 2.24) is 4.72 Å². The van der Waals surface area contributed by atoms with E-state index in [9.17, 15) is 13.2 Å². The minimum absolute atomic E-state index is 0.0509. The summed E-state index contributed by atoms with van der Waals surface area (Å²) in [7, 11) is -3.69. The van der Waals surface area contributed by atoms with Crippen molar-refractivity contribution >= 4 is 33.2 Å². The standard InChI is InChI=1S/C20H19ClN2O5S/c1-14-11-15(21)4-9-19(14)28-13-20(24)23-16-5-7-18(8-6-16)29(25,26)22-12-17-3-2-10-27-17/h2-11,22H,12-13H2,1H3,(H,23,24). The fourth-order valence-electron chi connectivity index (χ4n) is 2.50. The van der Waals surface area contributed by atoms with Gasteiger partial charge in [-0.15, -0.1) is 0 Å². The normalized spacial score (nSPS) is 11.2. The van der Waals surface area contributed by atoms with Gasteiger partial charge >= 0.3 is 0 Å². The van der Waals surface area contributed by atoms with E-state index in [-0.39, 0.29) is 24.0 Å². The molecule has 0 aliphatic heterocycles. The summed E-state index contributed by atoms with van der Waals surface area (Å²) in [5.74, 6) is 0.702. The quantitative estimate of drug-likeness (QED) is 0.562. The molecule has 0 aliphatic carbocycles. The number of benzene rings is 2. The van der Waals surface area contributed by atoms with Crippen molar-refractivity contribution in [2.75, 3.05) is 11.9 Å². The maximum absolute atomic E-state index is 12.3. The SMILES string of the molecule is Cc1cc(Cl)ccc1OCC(=O)Nc1ccc(S(=O)(=O)NCc2ccco2)cc1. The highest BCUT2D eigenvalue weighted by Crippen LogP contribution is 2.22. The summed E-state index contributed by atoms with van der Waals surface area (Å²) in [6, 6.07) is 14.3. The van der Waals surface area contributed by atoms with E-state index in [2.05, 4.69) is 10.0 Å². The van der Waals surface area contributed by atoms with Crippen molar-refractivity contribution < 1.29 is 22.4 Å². The maximum Gasteiger partial charge on any atom is 0.262 e. The number of nitrogens with one attached hydrogen (secondary N) is 2. The molecule has 1 aromatic heterocycles. The van der Waals surface area contributed by atoms with Crippen LogP contribution in [0.25, 0.3) is 0 Å². The van der Waals surface area contributed by atoms with Gasteiger partial charge in [0.1, 0.15) is 11.5 Å². The molecule has 0 spiro atoms. The van der Waals surface area contributed by atoms with Gasteiger partial charge in [-0.3, -0.25) is 4.79 Å². The third kappa shape index (κ3) is 5.83. The van der Waals surface area contributed by atoms with Crippen molar-refractivity contribution in [1.29, 1.82) is 0 Å². The Hall–Kier alpha value is -2.81. The molecule has 0 fully saturated rings. The summed E-state index contributed by atoms with van der Waals surface area (Å²) >= 11 is 5.89. The monoisotopic (exact) mass is 434 g/mol. The molecule has 0 saturated carbocycles. The van der Waals surface area contributed by atoms with Crippen molar-refractivity contribution in [3.05, 3.63) is 77.2 Å². The van der Waals surface area contributed by atoms with E-state index in [1.54, 1.807) is 30.3 Å². The number of aryl methyl sites for hydroxylation is 1. The minimum Gasteiger partial charge on any atom is -0.483 e. The number of hydrogen-bond donors (Lipinski definition) is 2. The number of sulfonamides is 1. The van der Waals surface area contributed by atoms with Crippen LogP contribution in [0.15, 0.2) is 70.2 Å². The van der Waals surface area contributed by atoms with Crippen LogP contribution >= 0.6 is 11.6 Å². The van der Waals surface area contributed by atoms with Crippen LogP contribution in [0.5, 0.6) is 5.75 Å². The molecule has 9 heteroatoms. The zero-order chi connectivity index (χ0) is 20.9. The van der Waals surface area contributed by atoms with E-state index in [1.807, 2.05) is 6.92 Å². The molecule has 2 N–H and O–H groups in total. The van der Waals surface area contributed by atoms with E-state index in [0.29, 0.717) is 22.2 Å². The van der Waals surface area contributed by atoms with Crippen molar-refractivity contribution in [3.8, 4) is 5.75 Å². The number of carbonyl (C=O) groups is 1. The van der Waals surface area contributed by atoms with Crippen LogP contribution in [0, 0.1) is 6.92 Å². The van der Waals surface area contributed by atoms with Gasteiger partial charge in [-0.05, 0) is 67.1 Å². The molecule has 0 bridgehead atoms. The van der Waals surface area contributed by atoms with E-state index in [1.165, 1.54) is 30.5 Å². The number of hydrogen-bond acceptors (Lipinski definition) is 5. The molecule has 1 heterocycles. The van der Waals surface area contributed by atoms with Gasteiger partial charge in [-0.1, -0.05) is 11.6 Å². The zero-order valence-electron chi connectivity index (χ0n) is 15.5. The van der Waals surface area contributed by atoms with Gasteiger partial charge in [-0.25, -0.2) is 13.1 Å². The molecule has 0 saturated heterocycles. The molecular weight excluding hydrogens is 416 g/mol. The van der Waals surface area contributed by atoms with Crippen LogP contribution in [0.2, 0.25) is 5.02 Å². The topological polar surface area (TPSA) is 97.6 Å². The molecule has 1 amide bonds. The third-order valence-corrected chi connectivity index (χ3v) is 5.61. The molecule has 3 rings (SSSR count). The lowest BCUT2D eigenvalue weighted by Gasteiger charge is -2.10. The van der Waals surface area contributed by atoms with Crippen LogP contribution in [-0.4, -0.2) is 20.9 Å². The van der Waals surface area contributed by atoms with E-state index >= 15 is 0 Å². The molecule has 0 unspecified atom stereocenters. The Balaban J connectivity index is 1.54. The van der Waals surface area contributed by atoms with Crippen LogP contribution in [0.1, 0.15) is 11.3 Å². The number of anilines is 1. The highest BCUT2D eigenvalue weighted by atomic mass is 35.5. The summed E-state index contributed by atoms with van der Waals surface area (Å²) < 4.78 is 37.6. The van der Waals surface area contributed by atoms with Crippen molar-refractivity contribution in [2.45, 2.75) is 18.4 Å². The summed E-state index contributed by atoms with van der Waals surface area (Å²) in [6.45, 7) is 1.70. The van der Waals surface area contributed by atoms with Crippen molar-refractivity contribution in [2.24, 2.45) is 0 Å². The molecule has 2 aromatic carbocycles. The van der Waals surface area contributed by atoms with Crippen LogP contribution in [0.4, 0.5) is 5.69 Å². The maximum atomic E-state index is 12.3. The molecule has 3 aromatic rings. The minimum atomic E-state index is -3.69. The fourth-order valence-corrected chi connectivity index (χ4v) is 3.72. The van der Waals surface area contributed by atoms with Crippen molar-refractivity contribution in [3.63, 3.8) is 0 Å². The molecule has 0 aliphatic rings. The Kier molecular flexibility index (Phi) is 6.58. The van der Waals surface area contributed by atoms with E-state index < -0.39 is 10.0 Å². The van der Waals surface area contributed by atoms with Crippen LogP contribution in [0.3, 0.4) is 0 Å². The Morgan fingerprint density at radius 3 is 2.55 bits per heavy atom. The highest BCUT2D eigenvalue weighted by Gasteiger charge is 2.14. The molecule has 152 valence electrons. The first-order chi connectivity index (χ1) is 13.8. The molecule has 7 nitrogen and oxygen atoms in total. The smallest absolute Gasteiger partial charge is 0.262 e. The Morgan fingerprint density at radius 2 is 1.90 bits per heavy atom. The lowest BCUT2D eigenvalue weighted by molar-refractivity contribution is -0.118. The van der Waals surface area contributed by atoms with Gasteiger partial charge in [-0.2, -0.15) is 0 Å². The molecular formula is C20H19ClN2O5S. The summed E-state index contributed by atoms with van der Waals surface area (Å²) in [5, 5.41) is 3.25. The zero-order valence-corrected chi connectivity index (χ0v) is 17.1. The molecule has 29 heavy (non-hydrogen) atoms. The second-order valence-electron chi connectivity index (χ2n) is 6.17. The van der Waals surface area contributed by atoms with Gasteiger partial charge < -0.3 is 14.5 Å². The van der Waals surface area contributed by atoms with E-state index in [0.717, 1.165) is 5.56 Å². The average Bonchev–Trinajstić information content (AvgIpc) is 3.20. The predicted molar refractivity (Wildman–Crippen MR) is 109 cm³/mol. The molecule has 0 atom stereocenters. The third-order valence-electron chi connectivity index (χ3n) is 3.96.